The van der Waals surface area contributed by atoms with Gasteiger partial charge in [0.15, 0.2) is 6.61 Å². The van der Waals surface area contributed by atoms with Gasteiger partial charge in [0.2, 0.25) is 10.0 Å². The van der Waals surface area contributed by atoms with Crippen molar-refractivity contribution in [2.75, 3.05) is 26.0 Å². The normalized spacial score (nSPS) is 18.7. The van der Waals surface area contributed by atoms with Crippen LogP contribution in [0.4, 0.5) is 0 Å². The third-order valence-electron chi connectivity index (χ3n) is 3.72. The highest BCUT2D eigenvalue weighted by Gasteiger charge is 2.27. The summed E-state index contributed by atoms with van der Waals surface area (Å²) in [7, 11) is -3.27. The van der Waals surface area contributed by atoms with E-state index >= 15 is 0 Å². The lowest BCUT2D eigenvalue weighted by Crippen LogP contribution is -2.50. The van der Waals surface area contributed by atoms with E-state index in [1.165, 1.54) is 0 Å². The van der Waals surface area contributed by atoms with Gasteiger partial charge in [0, 0.05) is 19.1 Å². The second kappa shape index (κ2) is 7.99. The molecule has 1 saturated heterocycles. The highest BCUT2D eigenvalue weighted by Crippen LogP contribution is 2.23. The van der Waals surface area contributed by atoms with Gasteiger partial charge in [-0.3, -0.25) is 4.79 Å². The van der Waals surface area contributed by atoms with E-state index in [0.717, 1.165) is 25.5 Å². The van der Waals surface area contributed by atoms with Gasteiger partial charge in [0.05, 0.1) is 11.3 Å². The Balaban J connectivity index is 1.94. The number of halogens is 1. The van der Waals surface area contributed by atoms with E-state index in [4.69, 9.17) is 16.3 Å². The van der Waals surface area contributed by atoms with E-state index in [2.05, 4.69) is 4.72 Å². The first-order valence-electron chi connectivity index (χ1n) is 7.48. The van der Waals surface area contributed by atoms with E-state index in [0.29, 0.717) is 17.3 Å². The van der Waals surface area contributed by atoms with Crippen LogP contribution in [-0.4, -0.2) is 51.2 Å². The third kappa shape index (κ3) is 5.67. The minimum atomic E-state index is -3.27. The molecule has 1 N–H and O–H groups in total. The topological polar surface area (TPSA) is 75.7 Å². The summed E-state index contributed by atoms with van der Waals surface area (Å²) >= 11 is 6.00. The summed E-state index contributed by atoms with van der Waals surface area (Å²) in [5.74, 6) is 0.301. The molecule has 0 bridgehead atoms. The van der Waals surface area contributed by atoms with Gasteiger partial charge in [-0.05, 0) is 31.4 Å². The number of hydrogen-bond acceptors (Lipinski definition) is 4. The van der Waals surface area contributed by atoms with E-state index < -0.39 is 10.0 Å². The summed E-state index contributed by atoms with van der Waals surface area (Å²) in [4.78, 5) is 14.1. The van der Waals surface area contributed by atoms with Crippen molar-refractivity contribution in [1.82, 2.24) is 9.62 Å². The number of ether oxygens (including phenoxy) is 1. The fraction of sp³-hybridized carbons (Fsp3) is 0.533. The zero-order valence-electron chi connectivity index (χ0n) is 13.0. The Bertz CT molecular complexity index is 651. The predicted octanol–water partition coefficient (Wildman–Crippen LogP) is 1.65. The van der Waals surface area contributed by atoms with Crippen LogP contribution in [0.15, 0.2) is 24.3 Å². The molecule has 2 rings (SSSR count). The molecule has 0 aromatic heterocycles. The van der Waals surface area contributed by atoms with E-state index in [1.54, 1.807) is 29.2 Å². The van der Waals surface area contributed by atoms with E-state index in [1.807, 2.05) is 0 Å². The molecular weight excluding hydrogens is 340 g/mol. The molecule has 1 unspecified atom stereocenters. The standard InChI is InChI=1S/C15H21ClN2O4S/c1-23(20,21)17-10-12-6-4-5-9-18(12)15(19)11-22-14-8-3-2-7-13(14)16/h2-3,7-8,12,17H,4-6,9-11H2,1H3. The van der Waals surface area contributed by atoms with Crippen LogP contribution in [0.3, 0.4) is 0 Å². The maximum Gasteiger partial charge on any atom is 0.260 e. The maximum atomic E-state index is 12.4. The Morgan fingerprint density at radius 2 is 2.13 bits per heavy atom. The SMILES string of the molecule is CS(=O)(=O)NCC1CCCCN1C(=O)COc1ccccc1Cl. The smallest absolute Gasteiger partial charge is 0.260 e. The number of para-hydroxylation sites is 1. The number of nitrogens with zero attached hydrogens (tertiary/aromatic N) is 1. The molecule has 0 saturated carbocycles. The van der Waals surface area contributed by atoms with E-state index in [9.17, 15) is 13.2 Å². The van der Waals surface area contributed by atoms with Crippen LogP contribution in [0.2, 0.25) is 5.02 Å². The van der Waals surface area contributed by atoms with Crippen molar-refractivity contribution < 1.29 is 17.9 Å². The highest BCUT2D eigenvalue weighted by molar-refractivity contribution is 7.88. The molecule has 0 radical (unpaired) electrons. The maximum absolute atomic E-state index is 12.4. The van der Waals surface area contributed by atoms with Crippen molar-refractivity contribution in [2.45, 2.75) is 25.3 Å². The molecule has 0 aliphatic carbocycles. The summed E-state index contributed by atoms with van der Waals surface area (Å²) in [6, 6.07) is 6.83. The Kier molecular flexibility index (Phi) is 6.26. The molecule has 1 aromatic carbocycles. The van der Waals surface area contributed by atoms with Crippen molar-refractivity contribution in [2.24, 2.45) is 0 Å². The van der Waals surface area contributed by atoms with Gasteiger partial charge in [-0.15, -0.1) is 0 Å². The average molecular weight is 361 g/mol. The van der Waals surface area contributed by atoms with Crippen molar-refractivity contribution in [3.05, 3.63) is 29.3 Å². The molecule has 6 nitrogen and oxygen atoms in total. The number of carbonyl (C=O) groups is 1. The Hall–Kier alpha value is -1.31. The monoisotopic (exact) mass is 360 g/mol. The molecular formula is C15H21ClN2O4S. The molecule has 1 fully saturated rings. The van der Waals surface area contributed by atoms with Crippen LogP contribution in [0.25, 0.3) is 0 Å². The predicted molar refractivity (Wildman–Crippen MR) is 89.1 cm³/mol. The summed E-state index contributed by atoms with van der Waals surface area (Å²) < 4.78 is 30.4. The van der Waals surface area contributed by atoms with Gasteiger partial charge in [0.1, 0.15) is 5.75 Å². The molecule has 128 valence electrons. The van der Waals surface area contributed by atoms with Gasteiger partial charge in [-0.1, -0.05) is 23.7 Å². The van der Waals surface area contributed by atoms with Crippen LogP contribution in [-0.2, 0) is 14.8 Å². The van der Waals surface area contributed by atoms with Crippen molar-refractivity contribution in [3.63, 3.8) is 0 Å². The number of benzene rings is 1. The van der Waals surface area contributed by atoms with Crippen molar-refractivity contribution >= 4 is 27.5 Å². The quantitative estimate of drug-likeness (QED) is 0.837. The van der Waals surface area contributed by atoms with Gasteiger partial charge in [-0.2, -0.15) is 0 Å². The lowest BCUT2D eigenvalue weighted by Gasteiger charge is -2.35. The average Bonchev–Trinajstić information content (AvgIpc) is 2.51. The lowest BCUT2D eigenvalue weighted by atomic mass is 10.0. The summed E-state index contributed by atoms with van der Waals surface area (Å²) in [6.45, 7) is 0.733. The zero-order chi connectivity index (χ0) is 16.9. The number of rotatable bonds is 6. The number of hydrogen-bond donors (Lipinski definition) is 1. The first-order chi connectivity index (χ1) is 10.9. The fourth-order valence-corrected chi connectivity index (χ4v) is 3.26. The summed E-state index contributed by atoms with van der Waals surface area (Å²) in [6.07, 6.45) is 3.78. The highest BCUT2D eigenvalue weighted by atomic mass is 35.5. The molecule has 1 atom stereocenters. The van der Waals surface area contributed by atoms with Crippen molar-refractivity contribution in [3.8, 4) is 5.75 Å². The Labute approximate surface area is 141 Å². The lowest BCUT2D eigenvalue weighted by molar-refractivity contribution is -0.136. The summed E-state index contributed by atoms with van der Waals surface area (Å²) in [5, 5.41) is 0.453. The zero-order valence-corrected chi connectivity index (χ0v) is 14.6. The van der Waals surface area contributed by atoms with Crippen molar-refractivity contribution in [1.29, 1.82) is 0 Å². The van der Waals surface area contributed by atoms with Crippen LogP contribution in [0.1, 0.15) is 19.3 Å². The minimum Gasteiger partial charge on any atom is -0.482 e. The Morgan fingerprint density at radius 3 is 2.83 bits per heavy atom. The number of carbonyl (C=O) groups excluding carboxylic acids is 1. The van der Waals surface area contributed by atoms with Gasteiger partial charge in [0.25, 0.3) is 5.91 Å². The first kappa shape index (κ1) is 18.0. The fourth-order valence-electron chi connectivity index (χ4n) is 2.57. The number of nitrogens with one attached hydrogen (secondary N) is 1. The molecule has 1 amide bonds. The Morgan fingerprint density at radius 1 is 1.39 bits per heavy atom. The number of sulfonamides is 1. The number of piperidine rings is 1. The third-order valence-corrected chi connectivity index (χ3v) is 4.72. The van der Waals surface area contributed by atoms with Crippen LogP contribution in [0.5, 0.6) is 5.75 Å². The van der Waals surface area contributed by atoms with Gasteiger partial charge < -0.3 is 9.64 Å². The van der Waals surface area contributed by atoms with Gasteiger partial charge >= 0.3 is 0 Å². The second-order valence-corrected chi connectivity index (χ2v) is 7.82. The molecule has 1 aromatic rings. The number of likely N-dealkylation sites (tertiary alicyclic amines) is 1. The van der Waals surface area contributed by atoms with Crippen LogP contribution >= 0.6 is 11.6 Å². The molecule has 23 heavy (non-hydrogen) atoms. The number of amides is 1. The van der Waals surface area contributed by atoms with Gasteiger partial charge in [-0.25, -0.2) is 13.1 Å². The van der Waals surface area contributed by atoms with Crippen LogP contribution in [0, 0.1) is 0 Å². The largest absolute Gasteiger partial charge is 0.482 e. The van der Waals surface area contributed by atoms with E-state index in [-0.39, 0.29) is 25.1 Å². The molecule has 1 aliphatic rings. The van der Waals surface area contributed by atoms with Crippen LogP contribution < -0.4 is 9.46 Å². The second-order valence-electron chi connectivity index (χ2n) is 5.58. The molecule has 1 heterocycles. The molecule has 0 spiro atoms. The molecule has 1 aliphatic heterocycles. The minimum absolute atomic E-state index is 0.112. The first-order valence-corrected chi connectivity index (χ1v) is 9.75. The summed E-state index contributed by atoms with van der Waals surface area (Å²) in [5.41, 5.74) is 0. The molecule has 8 heteroatoms.